The molecule has 1 aliphatic carbocycles. The first-order valence-corrected chi connectivity index (χ1v) is 12.8. The third kappa shape index (κ3) is 4.26. The topological polar surface area (TPSA) is 93.4 Å². The Hall–Kier alpha value is -3.65. The van der Waals surface area contributed by atoms with E-state index in [1.165, 1.54) is 24.8 Å². The van der Waals surface area contributed by atoms with Gasteiger partial charge in [-0.2, -0.15) is 0 Å². The zero-order chi connectivity index (χ0) is 24.5. The van der Waals surface area contributed by atoms with Gasteiger partial charge in [0.05, 0.1) is 24.4 Å². The van der Waals surface area contributed by atoms with Crippen LogP contribution in [-0.2, 0) is 16.1 Å². The Morgan fingerprint density at radius 1 is 1.00 bits per heavy atom. The minimum Gasteiger partial charge on any atom is -0.378 e. The molecular formula is C28H30N4O4. The van der Waals surface area contributed by atoms with Crippen LogP contribution in [0.1, 0.15) is 43.6 Å². The van der Waals surface area contributed by atoms with E-state index in [0.29, 0.717) is 38.0 Å². The number of amides is 1. The van der Waals surface area contributed by atoms with Crippen LogP contribution < -0.4 is 5.76 Å². The van der Waals surface area contributed by atoms with Crippen molar-refractivity contribution in [3.05, 3.63) is 64.6 Å². The van der Waals surface area contributed by atoms with Gasteiger partial charge in [-0.05, 0) is 36.0 Å². The van der Waals surface area contributed by atoms with Crippen LogP contribution in [0.25, 0.3) is 33.5 Å². The molecule has 8 nitrogen and oxygen atoms in total. The minimum atomic E-state index is -0.587. The minimum absolute atomic E-state index is 0.0859. The van der Waals surface area contributed by atoms with Gasteiger partial charge in [0.2, 0.25) is 5.91 Å². The van der Waals surface area contributed by atoms with E-state index in [0.717, 1.165) is 40.6 Å². The largest absolute Gasteiger partial charge is 0.439 e. The second-order valence-electron chi connectivity index (χ2n) is 9.72. The summed E-state index contributed by atoms with van der Waals surface area (Å²) in [7, 11) is 0. The Balaban J connectivity index is 1.56. The quantitative estimate of drug-likeness (QED) is 0.446. The molecule has 0 atom stereocenters. The molecular weight excluding hydrogens is 456 g/mol. The molecule has 1 N–H and O–H groups in total. The van der Waals surface area contributed by atoms with Gasteiger partial charge >= 0.3 is 5.76 Å². The van der Waals surface area contributed by atoms with Crippen LogP contribution in [0.5, 0.6) is 0 Å². The van der Waals surface area contributed by atoms with Crippen molar-refractivity contribution >= 4 is 16.8 Å². The van der Waals surface area contributed by atoms with Gasteiger partial charge in [0, 0.05) is 24.0 Å². The van der Waals surface area contributed by atoms with Crippen LogP contribution in [0.2, 0.25) is 0 Å². The molecule has 0 spiro atoms. The summed E-state index contributed by atoms with van der Waals surface area (Å²) in [5.41, 5.74) is 5.27. The molecule has 0 radical (unpaired) electrons. The van der Waals surface area contributed by atoms with Gasteiger partial charge in [-0.15, -0.1) is 0 Å². The molecule has 2 fully saturated rings. The van der Waals surface area contributed by atoms with E-state index >= 15 is 0 Å². The summed E-state index contributed by atoms with van der Waals surface area (Å²) < 4.78 is 12.4. The zero-order valence-electron chi connectivity index (χ0n) is 20.2. The number of morpholine rings is 1. The number of carbonyl (C=O) groups excluding carboxylic acids is 1. The van der Waals surface area contributed by atoms with Crippen molar-refractivity contribution < 1.29 is 14.1 Å². The summed E-state index contributed by atoms with van der Waals surface area (Å²) in [6.45, 7) is 2.60. The second kappa shape index (κ2) is 9.78. The summed E-state index contributed by atoms with van der Waals surface area (Å²) in [5, 5.41) is 5.05. The predicted molar refractivity (Wildman–Crippen MR) is 137 cm³/mol. The fourth-order valence-electron chi connectivity index (χ4n) is 5.80. The van der Waals surface area contributed by atoms with Crippen molar-refractivity contribution in [1.82, 2.24) is 19.6 Å². The van der Waals surface area contributed by atoms with E-state index in [4.69, 9.17) is 9.26 Å². The van der Waals surface area contributed by atoms with Crippen molar-refractivity contribution in [2.75, 3.05) is 26.3 Å². The number of carbonyl (C=O) groups is 1. The summed E-state index contributed by atoms with van der Waals surface area (Å²) in [6.07, 6.45) is 6.01. The molecule has 186 valence electrons. The van der Waals surface area contributed by atoms with Crippen molar-refractivity contribution in [1.29, 1.82) is 0 Å². The molecule has 1 amide bonds. The van der Waals surface area contributed by atoms with E-state index in [-0.39, 0.29) is 12.5 Å². The Labute approximate surface area is 208 Å². The van der Waals surface area contributed by atoms with Crippen LogP contribution in [-0.4, -0.2) is 51.8 Å². The first-order valence-electron chi connectivity index (χ1n) is 12.8. The number of fused-ring (bicyclic) bond motifs is 1. The first kappa shape index (κ1) is 22.8. The zero-order valence-corrected chi connectivity index (χ0v) is 20.2. The number of nitrogens with zero attached hydrogens (tertiary/aromatic N) is 3. The number of aromatic amines is 1. The van der Waals surface area contributed by atoms with Crippen LogP contribution in [0.15, 0.2) is 57.8 Å². The number of hydrogen-bond donors (Lipinski definition) is 1. The standard InChI is InChI=1S/C28H30N4O4/c33-24(31-13-15-35-16-14-31)18-32-23-17-21(27-29-28(34)36-30-27)11-12-22(23)25(19-7-3-1-4-8-19)26(32)20-9-5-2-6-10-20/h2,5-6,9-12,17,19H,1,3-4,7-8,13-16,18H2,(H,29,30,34). The van der Waals surface area contributed by atoms with Crippen LogP contribution in [0.3, 0.4) is 0 Å². The van der Waals surface area contributed by atoms with Gasteiger partial charge < -0.3 is 14.2 Å². The average Bonchev–Trinajstić information content (AvgIpc) is 3.51. The molecule has 1 saturated heterocycles. The highest BCUT2D eigenvalue weighted by atomic mass is 16.5. The normalized spacial score (nSPS) is 17.1. The third-order valence-corrected chi connectivity index (χ3v) is 7.54. The molecule has 0 bridgehead atoms. The Bertz CT molecular complexity index is 1420. The number of aromatic nitrogens is 3. The molecule has 2 aromatic heterocycles. The van der Waals surface area contributed by atoms with E-state index in [9.17, 15) is 9.59 Å². The smallest absolute Gasteiger partial charge is 0.378 e. The molecule has 1 saturated carbocycles. The van der Waals surface area contributed by atoms with E-state index < -0.39 is 5.76 Å². The molecule has 0 unspecified atom stereocenters. The Morgan fingerprint density at radius 3 is 2.50 bits per heavy atom. The highest BCUT2D eigenvalue weighted by Crippen LogP contribution is 2.44. The van der Waals surface area contributed by atoms with Gasteiger partial charge in [0.25, 0.3) is 0 Å². The fraction of sp³-hybridized carbons (Fsp3) is 0.393. The molecule has 2 aromatic carbocycles. The predicted octanol–water partition coefficient (Wildman–Crippen LogP) is 4.56. The van der Waals surface area contributed by atoms with Crippen LogP contribution >= 0.6 is 0 Å². The fourth-order valence-corrected chi connectivity index (χ4v) is 5.80. The van der Waals surface area contributed by atoms with Crippen molar-refractivity contribution in [2.45, 2.75) is 44.6 Å². The number of nitrogens with one attached hydrogen (secondary N) is 1. The third-order valence-electron chi connectivity index (χ3n) is 7.54. The SMILES string of the molecule is O=C(Cn1c(-c2ccccc2)c(C2CCCCC2)c2ccc(-c3noc(=O)[nH]3)cc21)N1CCOCC1. The molecule has 36 heavy (non-hydrogen) atoms. The summed E-state index contributed by atoms with van der Waals surface area (Å²) in [4.78, 5) is 29.7. The Morgan fingerprint density at radius 2 is 1.78 bits per heavy atom. The maximum absolute atomic E-state index is 13.5. The first-order chi connectivity index (χ1) is 17.7. The van der Waals surface area contributed by atoms with E-state index in [1.54, 1.807) is 0 Å². The van der Waals surface area contributed by atoms with E-state index in [1.807, 2.05) is 23.1 Å². The summed E-state index contributed by atoms with van der Waals surface area (Å²) >= 11 is 0. The molecule has 2 aliphatic rings. The Kier molecular flexibility index (Phi) is 6.19. The lowest BCUT2D eigenvalue weighted by Crippen LogP contribution is -2.42. The molecule has 4 aromatic rings. The van der Waals surface area contributed by atoms with Gasteiger partial charge in [0.1, 0.15) is 6.54 Å². The highest BCUT2D eigenvalue weighted by Gasteiger charge is 2.28. The second-order valence-corrected chi connectivity index (χ2v) is 9.72. The molecule has 6 rings (SSSR count). The molecule has 3 heterocycles. The molecule has 8 heteroatoms. The number of rotatable bonds is 5. The lowest BCUT2D eigenvalue weighted by atomic mass is 9.82. The number of ether oxygens (including phenoxy) is 1. The van der Waals surface area contributed by atoms with Crippen molar-refractivity contribution in [2.24, 2.45) is 0 Å². The maximum Gasteiger partial charge on any atom is 0.439 e. The van der Waals surface area contributed by atoms with Gasteiger partial charge in [-0.3, -0.25) is 14.3 Å². The lowest BCUT2D eigenvalue weighted by Gasteiger charge is -2.28. The highest BCUT2D eigenvalue weighted by molar-refractivity contribution is 5.96. The van der Waals surface area contributed by atoms with Gasteiger partial charge in [0.15, 0.2) is 5.82 Å². The van der Waals surface area contributed by atoms with Gasteiger partial charge in [-0.25, -0.2) is 4.79 Å². The number of H-pyrrole nitrogens is 1. The number of hydrogen-bond acceptors (Lipinski definition) is 5. The monoisotopic (exact) mass is 486 g/mol. The van der Waals surface area contributed by atoms with E-state index in [2.05, 4.69) is 45.0 Å². The van der Waals surface area contributed by atoms with Crippen molar-refractivity contribution in [3.8, 4) is 22.6 Å². The van der Waals surface area contributed by atoms with Crippen molar-refractivity contribution in [3.63, 3.8) is 0 Å². The summed E-state index contributed by atoms with van der Waals surface area (Å²) in [5.74, 6) is 0.321. The summed E-state index contributed by atoms with van der Waals surface area (Å²) in [6, 6.07) is 16.5. The van der Waals surface area contributed by atoms with Gasteiger partial charge in [-0.1, -0.05) is 66.9 Å². The maximum atomic E-state index is 13.5. The number of benzene rings is 2. The van der Waals surface area contributed by atoms with Crippen LogP contribution in [0, 0.1) is 0 Å². The lowest BCUT2D eigenvalue weighted by molar-refractivity contribution is -0.135. The average molecular weight is 487 g/mol. The molecule has 1 aliphatic heterocycles. The van der Waals surface area contributed by atoms with Crippen LogP contribution in [0.4, 0.5) is 0 Å².